The maximum Gasteiger partial charge on any atom is -0.00133 e. The lowest BCUT2D eigenvalue weighted by molar-refractivity contribution is 1.13. The minimum absolute atomic E-state index is 0.892. The fourth-order valence-corrected chi connectivity index (χ4v) is 2.33. The quantitative estimate of drug-likeness (QED) is 0.646. The highest BCUT2D eigenvalue weighted by atomic mass is 14.0. The lowest BCUT2D eigenvalue weighted by Crippen LogP contribution is -1.93. The topological polar surface area (TPSA) is 0 Å². The van der Waals surface area contributed by atoms with Crippen LogP contribution in [0, 0.1) is 12.1 Å². The predicted octanol–water partition coefficient (Wildman–Crippen LogP) is 4.47. The van der Waals surface area contributed by atoms with Crippen LogP contribution in [0.2, 0.25) is 0 Å². The Morgan fingerprint density at radius 1 is 0.650 bits per heavy atom. The van der Waals surface area contributed by atoms with Gasteiger partial charge in [-0.3, -0.25) is 0 Å². The van der Waals surface area contributed by atoms with Gasteiger partial charge in [-0.1, -0.05) is 72.8 Å². The highest BCUT2D eigenvalue weighted by molar-refractivity contribution is 5.31. The summed E-state index contributed by atoms with van der Waals surface area (Å²) in [5.74, 6) is 0. The number of hydrogen-bond donors (Lipinski definition) is 0. The van der Waals surface area contributed by atoms with Crippen molar-refractivity contribution in [3.8, 4) is 0 Å². The van der Waals surface area contributed by atoms with Crippen molar-refractivity contribution in [3.63, 3.8) is 0 Å². The monoisotopic (exact) mass is 256 g/mol. The SMILES string of the molecule is [c]1ccc(Cc2ccccc2)[c]c1Cc1ccccc1. The Labute approximate surface area is 120 Å². The second kappa shape index (κ2) is 6.21. The summed E-state index contributed by atoms with van der Waals surface area (Å²) < 4.78 is 0. The van der Waals surface area contributed by atoms with Gasteiger partial charge in [0.15, 0.2) is 0 Å². The highest BCUT2D eigenvalue weighted by Crippen LogP contribution is 2.13. The van der Waals surface area contributed by atoms with E-state index >= 15 is 0 Å². The van der Waals surface area contributed by atoms with Crippen molar-refractivity contribution in [1.29, 1.82) is 0 Å². The third-order valence-electron chi connectivity index (χ3n) is 3.31. The molecule has 3 rings (SSSR count). The second-order valence-electron chi connectivity index (χ2n) is 4.93. The summed E-state index contributed by atoms with van der Waals surface area (Å²) in [4.78, 5) is 0. The van der Waals surface area contributed by atoms with Crippen LogP contribution < -0.4 is 0 Å². The predicted molar refractivity (Wildman–Crippen MR) is 82.6 cm³/mol. The van der Waals surface area contributed by atoms with E-state index in [1.807, 2.05) is 18.2 Å². The zero-order valence-corrected chi connectivity index (χ0v) is 11.3. The van der Waals surface area contributed by atoms with E-state index in [1.54, 1.807) is 0 Å². The highest BCUT2D eigenvalue weighted by Gasteiger charge is 2.00. The molecule has 0 saturated carbocycles. The summed E-state index contributed by atoms with van der Waals surface area (Å²) >= 11 is 0. The number of hydrogen-bond acceptors (Lipinski definition) is 0. The van der Waals surface area contributed by atoms with E-state index in [4.69, 9.17) is 0 Å². The first kappa shape index (κ1) is 12.7. The Hall–Kier alpha value is -2.34. The summed E-state index contributed by atoms with van der Waals surface area (Å²) in [6.45, 7) is 0. The zero-order chi connectivity index (χ0) is 13.6. The maximum atomic E-state index is 3.49. The maximum absolute atomic E-state index is 3.49. The molecule has 0 aromatic heterocycles. The molecular formula is C20H16. The average Bonchev–Trinajstić information content (AvgIpc) is 2.50. The largest absolute Gasteiger partial charge is 0.0622 e. The van der Waals surface area contributed by atoms with Crippen molar-refractivity contribution in [2.75, 3.05) is 0 Å². The molecule has 2 radical (unpaired) electrons. The molecule has 0 aliphatic heterocycles. The minimum atomic E-state index is 0.892. The molecule has 0 N–H and O–H groups in total. The van der Waals surface area contributed by atoms with Gasteiger partial charge >= 0.3 is 0 Å². The molecule has 0 aliphatic carbocycles. The van der Waals surface area contributed by atoms with Crippen LogP contribution in [0.25, 0.3) is 0 Å². The van der Waals surface area contributed by atoms with E-state index in [9.17, 15) is 0 Å². The van der Waals surface area contributed by atoms with Crippen molar-refractivity contribution in [2.45, 2.75) is 12.8 Å². The van der Waals surface area contributed by atoms with Gasteiger partial charge in [-0.05, 0) is 47.2 Å². The van der Waals surface area contributed by atoms with Gasteiger partial charge in [0.25, 0.3) is 0 Å². The van der Waals surface area contributed by atoms with Crippen molar-refractivity contribution < 1.29 is 0 Å². The molecule has 96 valence electrons. The Morgan fingerprint density at radius 2 is 1.25 bits per heavy atom. The summed E-state index contributed by atoms with van der Waals surface area (Å²) in [6.07, 6.45) is 1.82. The van der Waals surface area contributed by atoms with Crippen LogP contribution in [0.5, 0.6) is 0 Å². The van der Waals surface area contributed by atoms with Crippen LogP contribution in [0.1, 0.15) is 22.3 Å². The van der Waals surface area contributed by atoms with Crippen molar-refractivity contribution in [2.24, 2.45) is 0 Å². The van der Waals surface area contributed by atoms with E-state index in [-0.39, 0.29) is 0 Å². The molecule has 0 heteroatoms. The van der Waals surface area contributed by atoms with Crippen LogP contribution in [0.3, 0.4) is 0 Å². The second-order valence-corrected chi connectivity index (χ2v) is 4.93. The molecule has 0 atom stereocenters. The molecular weight excluding hydrogens is 240 g/mol. The van der Waals surface area contributed by atoms with Gasteiger partial charge in [0.2, 0.25) is 0 Å². The van der Waals surface area contributed by atoms with Gasteiger partial charge in [0, 0.05) is 0 Å². The summed E-state index contributed by atoms with van der Waals surface area (Å²) in [6, 6.07) is 31.9. The molecule has 0 heterocycles. The molecule has 0 amide bonds. The smallest absolute Gasteiger partial charge is 0.00133 e. The first-order valence-corrected chi connectivity index (χ1v) is 6.90. The lowest BCUT2D eigenvalue weighted by Gasteiger charge is -2.05. The first-order chi connectivity index (χ1) is 9.90. The zero-order valence-electron chi connectivity index (χ0n) is 11.3. The van der Waals surface area contributed by atoms with Crippen molar-refractivity contribution >= 4 is 0 Å². The molecule has 3 aromatic carbocycles. The van der Waals surface area contributed by atoms with E-state index in [1.165, 1.54) is 16.7 Å². The van der Waals surface area contributed by atoms with Crippen LogP contribution in [-0.2, 0) is 12.8 Å². The number of benzene rings is 3. The van der Waals surface area contributed by atoms with Crippen LogP contribution in [0.15, 0.2) is 72.8 Å². The van der Waals surface area contributed by atoms with E-state index in [2.05, 4.69) is 66.7 Å². The summed E-state index contributed by atoms with van der Waals surface area (Å²) in [5.41, 5.74) is 4.97. The molecule has 0 nitrogen and oxygen atoms in total. The molecule has 0 spiro atoms. The molecule has 0 fully saturated rings. The average molecular weight is 256 g/mol. The Bertz CT molecular complexity index is 597. The lowest BCUT2D eigenvalue weighted by atomic mass is 9.99. The van der Waals surface area contributed by atoms with Gasteiger partial charge in [-0.25, -0.2) is 0 Å². The van der Waals surface area contributed by atoms with Gasteiger partial charge in [-0.15, -0.1) is 0 Å². The standard InChI is InChI=1S/C20H16/c1-3-8-17(9-4-1)14-19-12-7-13-20(16-19)15-18-10-5-2-6-11-18/h1-12H,14-15H2. The third kappa shape index (κ3) is 3.36. The molecule has 0 bridgehead atoms. The van der Waals surface area contributed by atoms with Gasteiger partial charge in [0.1, 0.15) is 0 Å². The van der Waals surface area contributed by atoms with Gasteiger partial charge in [-0.2, -0.15) is 0 Å². The Morgan fingerprint density at radius 3 is 1.90 bits per heavy atom. The van der Waals surface area contributed by atoms with Crippen LogP contribution in [-0.4, -0.2) is 0 Å². The fourth-order valence-electron chi connectivity index (χ4n) is 2.33. The molecule has 3 aromatic rings. The molecule has 0 aliphatic rings. The normalized spacial score (nSPS) is 10.4. The van der Waals surface area contributed by atoms with Crippen molar-refractivity contribution in [3.05, 3.63) is 107 Å². The minimum Gasteiger partial charge on any atom is -0.0622 e. The third-order valence-corrected chi connectivity index (χ3v) is 3.31. The Balaban J connectivity index is 1.76. The van der Waals surface area contributed by atoms with E-state index in [0.29, 0.717) is 0 Å². The fraction of sp³-hybridized carbons (Fsp3) is 0.100. The van der Waals surface area contributed by atoms with Gasteiger partial charge in [0.05, 0.1) is 0 Å². The van der Waals surface area contributed by atoms with E-state index < -0.39 is 0 Å². The first-order valence-electron chi connectivity index (χ1n) is 6.90. The molecule has 0 unspecified atom stereocenters. The number of rotatable bonds is 4. The van der Waals surface area contributed by atoms with Gasteiger partial charge < -0.3 is 0 Å². The van der Waals surface area contributed by atoms with Crippen molar-refractivity contribution in [1.82, 2.24) is 0 Å². The summed E-state index contributed by atoms with van der Waals surface area (Å²) in [7, 11) is 0. The molecule has 20 heavy (non-hydrogen) atoms. The van der Waals surface area contributed by atoms with E-state index in [0.717, 1.165) is 18.4 Å². The van der Waals surface area contributed by atoms with Crippen LogP contribution >= 0.6 is 0 Å². The Kier molecular flexibility index (Phi) is 3.93. The molecule has 0 saturated heterocycles. The van der Waals surface area contributed by atoms with Crippen LogP contribution in [0.4, 0.5) is 0 Å². The summed E-state index contributed by atoms with van der Waals surface area (Å²) in [5, 5.41) is 0.